The summed E-state index contributed by atoms with van der Waals surface area (Å²) in [6.07, 6.45) is 1.38. The second-order valence-electron chi connectivity index (χ2n) is 4.17. The van der Waals surface area contributed by atoms with E-state index in [2.05, 4.69) is 4.98 Å². The van der Waals surface area contributed by atoms with E-state index in [4.69, 9.17) is 10.00 Å². The summed E-state index contributed by atoms with van der Waals surface area (Å²) in [7, 11) is 0. The largest absolute Gasteiger partial charge is 0.454 e. The molecule has 20 heavy (non-hydrogen) atoms. The lowest BCUT2D eigenvalue weighted by Gasteiger charge is -2.10. The monoisotopic (exact) mass is 272 g/mol. The highest BCUT2D eigenvalue weighted by atomic mass is 19.1. The Hall–Kier alpha value is -2.45. The van der Waals surface area contributed by atoms with Crippen LogP contribution in [-0.4, -0.2) is 10.1 Å². The van der Waals surface area contributed by atoms with Crippen LogP contribution in [0.15, 0.2) is 36.5 Å². The van der Waals surface area contributed by atoms with Gasteiger partial charge in [0, 0.05) is 0 Å². The lowest BCUT2D eigenvalue weighted by Crippen LogP contribution is -1.98. The van der Waals surface area contributed by atoms with Crippen LogP contribution in [0, 0.1) is 17.1 Å². The molecule has 0 saturated carbocycles. The molecule has 0 radical (unpaired) electrons. The standard InChI is InChI=1S/C15H13FN2O2/c1-2-14(19)13-7-6-10(9-18-13)20-15-5-3-4-12(16)11(15)8-17/h3-7,9,14,19H,2H2,1H3/t14-/m0/s1. The molecule has 0 aliphatic carbocycles. The normalized spacial score (nSPS) is 11.7. The smallest absolute Gasteiger partial charge is 0.148 e. The Morgan fingerprint density at radius 1 is 1.40 bits per heavy atom. The van der Waals surface area contributed by atoms with Gasteiger partial charge in [-0.25, -0.2) is 4.39 Å². The van der Waals surface area contributed by atoms with Gasteiger partial charge in [0.15, 0.2) is 0 Å². The summed E-state index contributed by atoms with van der Waals surface area (Å²) >= 11 is 0. The number of pyridine rings is 1. The lowest BCUT2D eigenvalue weighted by atomic mass is 10.2. The van der Waals surface area contributed by atoms with Crippen LogP contribution in [0.2, 0.25) is 0 Å². The van der Waals surface area contributed by atoms with Gasteiger partial charge in [-0.15, -0.1) is 0 Å². The van der Waals surface area contributed by atoms with Crippen LogP contribution in [0.3, 0.4) is 0 Å². The highest BCUT2D eigenvalue weighted by Crippen LogP contribution is 2.27. The molecule has 2 aromatic rings. The molecule has 0 amide bonds. The summed E-state index contributed by atoms with van der Waals surface area (Å²) in [6, 6.07) is 9.19. The van der Waals surface area contributed by atoms with E-state index in [9.17, 15) is 9.50 Å². The first-order valence-electron chi connectivity index (χ1n) is 6.16. The number of rotatable bonds is 4. The van der Waals surface area contributed by atoms with E-state index in [0.717, 1.165) is 0 Å². The summed E-state index contributed by atoms with van der Waals surface area (Å²) in [5.74, 6) is -0.117. The number of halogens is 1. The van der Waals surface area contributed by atoms with Gasteiger partial charge in [-0.2, -0.15) is 5.26 Å². The van der Waals surface area contributed by atoms with E-state index >= 15 is 0 Å². The summed E-state index contributed by atoms with van der Waals surface area (Å²) in [5, 5.41) is 18.5. The van der Waals surface area contributed by atoms with E-state index in [1.165, 1.54) is 24.4 Å². The molecule has 0 saturated heterocycles. The molecule has 4 nitrogen and oxygen atoms in total. The maximum Gasteiger partial charge on any atom is 0.148 e. The van der Waals surface area contributed by atoms with Crippen molar-refractivity contribution in [3.05, 3.63) is 53.6 Å². The number of ether oxygens (including phenoxy) is 1. The zero-order chi connectivity index (χ0) is 14.5. The number of benzene rings is 1. The molecule has 1 atom stereocenters. The van der Waals surface area contributed by atoms with Crippen LogP contribution < -0.4 is 4.74 Å². The van der Waals surface area contributed by atoms with Gasteiger partial charge in [-0.3, -0.25) is 4.98 Å². The van der Waals surface area contributed by atoms with Crippen LogP contribution in [0.5, 0.6) is 11.5 Å². The number of hydrogen-bond donors (Lipinski definition) is 1. The third kappa shape index (κ3) is 2.92. The Labute approximate surface area is 116 Å². The molecular formula is C15H13FN2O2. The number of nitrogens with zero attached hydrogens (tertiary/aromatic N) is 2. The average molecular weight is 272 g/mol. The maximum absolute atomic E-state index is 13.4. The van der Waals surface area contributed by atoms with Crippen molar-refractivity contribution in [2.45, 2.75) is 19.4 Å². The third-order valence-corrected chi connectivity index (χ3v) is 2.80. The predicted molar refractivity (Wildman–Crippen MR) is 70.7 cm³/mol. The van der Waals surface area contributed by atoms with Crippen molar-refractivity contribution in [2.75, 3.05) is 0 Å². The number of hydrogen-bond acceptors (Lipinski definition) is 4. The minimum atomic E-state index is -0.629. The average Bonchev–Trinajstić information content (AvgIpc) is 2.47. The van der Waals surface area contributed by atoms with Crippen molar-refractivity contribution in [3.8, 4) is 17.6 Å². The van der Waals surface area contributed by atoms with E-state index < -0.39 is 11.9 Å². The van der Waals surface area contributed by atoms with E-state index in [1.807, 2.05) is 6.92 Å². The van der Waals surface area contributed by atoms with Gasteiger partial charge in [-0.05, 0) is 30.7 Å². The maximum atomic E-state index is 13.4. The van der Waals surface area contributed by atoms with Gasteiger partial charge < -0.3 is 9.84 Å². The number of nitriles is 1. The number of aromatic nitrogens is 1. The Kier molecular flexibility index (Phi) is 4.28. The van der Waals surface area contributed by atoms with Crippen LogP contribution in [0.1, 0.15) is 30.7 Å². The minimum absolute atomic E-state index is 0.137. The number of aliphatic hydroxyl groups is 1. The van der Waals surface area contributed by atoms with Crippen molar-refractivity contribution in [2.24, 2.45) is 0 Å². The van der Waals surface area contributed by atoms with Gasteiger partial charge >= 0.3 is 0 Å². The zero-order valence-corrected chi connectivity index (χ0v) is 10.9. The van der Waals surface area contributed by atoms with Gasteiger partial charge in [0.25, 0.3) is 0 Å². The lowest BCUT2D eigenvalue weighted by molar-refractivity contribution is 0.169. The predicted octanol–water partition coefficient (Wildman–Crippen LogP) is 3.33. The Bertz CT molecular complexity index is 635. The molecular weight excluding hydrogens is 259 g/mol. The van der Waals surface area contributed by atoms with Crippen LogP contribution in [-0.2, 0) is 0 Å². The van der Waals surface area contributed by atoms with Crippen molar-refractivity contribution >= 4 is 0 Å². The highest BCUT2D eigenvalue weighted by Gasteiger charge is 2.11. The van der Waals surface area contributed by atoms with E-state index in [1.54, 1.807) is 18.2 Å². The molecule has 0 aliphatic heterocycles. The highest BCUT2D eigenvalue weighted by molar-refractivity contribution is 5.45. The van der Waals surface area contributed by atoms with Crippen molar-refractivity contribution in [1.82, 2.24) is 4.98 Å². The third-order valence-electron chi connectivity index (χ3n) is 2.80. The Balaban J connectivity index is 2.23. The first-order chi connectivity index (χ1) is 9.65. The van der Waals surface area contributed by atoms with Crippen molar-refractivity contribution in [3.63, 3.8) is 0 Å². The second kappa shape index (κ2) is 6.13. The summed E-state index contributed by atoms with van der Waals surface area (Å²) in [4.78, 5) is 4.07. The summed E-state index contributed by atoms with van der Waals surface area (Å²) in [5.41, 5.74) is 0.393. The molecule has 1 heterocycles. The molecule has 2 rings (SSSR count). The minimum Gasteiger partial charge on any atom is -0.454 e. The molecule has 0 unspecified atom stereocenters. The molecule has 0 spiro atoms. The molecule has 1 aromatic heterocycles. The van der Waals surface area contributed by atoms with Crippen molar-refractivity contribution < 1.29 is 14.2 Å². The van der Waals surface area contributed by atoms with Crippen LogP contribution in [0.25, 0.3) is 0 Å². The summed E-state index contributed by atoms with van der Waals surface area (Å²) in [6.45, 7) is 1.85. The molecule has 1 aromatic carbocycles. The molecule has 5 heteroatoms. The molecule has 1 N–H and O–H groups in total. The SMILES string of the molecule is CC[C@H](O)c1ccc(Oc2cccc(F)c2C#N)cn1. The van der Waals surface area contributed by atoms with Crippen LogP contribution >= 0.6 is 0 Å². The number of aliphatic hydroxyl groups excluding tert-OH is 1. The topological polar surface area (TPSA) is 66.1 Å². The van der Waals surface area contributed by atoms with Crippen molar-refractivity contribution in [1.29, 1.82) is 5.26 Å². The Morgan fingerprint density at radius 2 is 2.20 bits per heavy atom. The van der Waals surface area contributed by atoms with Gasteiger partial charge in [0.1, 0.15) is 28.9 Å². The van der Waals surface area contributed by atoms with Gasteiger partial charge in [-0.1, -0.05) is 13.0 Å². The summed E-state index contributed by atoms with van der Waals surface area (Å²) < 4.78 is 18.9. The quantitative estimate of drug-likeness (QED) is 0.927. The van der Waals surface area contributed by atoms with Crippen LogP contribution in [0.4, 0.5) is 4.39 Å². The fourth-order valence-electron chi connectivity index (χ4n) is 1.68. The second-order valence-corrected chi connectivity index (χ2v) is 4.17. The van der Waals surface area contributed by atoms with Gasteiger partial charge in [0.05, 0.1) is 18.0 Å². The fourth-order valence-corrected chi connectivity index (χ4v) is 1.68. The molecule has 102 valence electrons. The van der Waals surface area contributed by atoms with Gasteiger partial charge in [0.2, 0.25) is 0 Å². The molecule has 0 aliphatic rings. The zero-order valence-electron chi connectivity index (χ0n) is 10.9. The fraction of sp³-hybridized carbons (Fsp3) is 0.200. The first-order valence-corrected chi connectivity index (χ1v) is 6.16. The van der Waals surface area contributed by atoms with E-state index in [-0.39, 0.29) is 11.3 Å². The Morgan fingerprint density at radius 3 is 2.80 bits per heavy atom. The van der Waals surface area contributed by atoms with E-state index in [0.29, 0.717) is 17.9 Å². The molecule has 0 bridgehead atoms. The molecule has 0 fully saturated rings. The first kappa shape index (κ1) is 14.0.